The number of pyridine rings is 1. The van der Waals surface area contributed by atoms with Crippen LogP contribution in [0.2, 0.25) is 0 Å². The largest absolute Gasteiger partial charge is 0.285 e. The summed E-state index contributed by atoms with van der Waals surface area (Å²) < 4.78 is 56.8. The third-order valence-electron chi connectivity index (χ3n) is 4.49. The molecule has 0 aliphatic rings. The maximum absolute atomic E-state index is 13.9. The van der Waals surface area contributed by atoms with Crippen LogP contribution in [-0.2, 0) is 16.6 Å². The van der Waals surface area contributed by atoms with Gasteiger partial charge in [-0.1, -0.05) is 30.3 Å². The van der Waals surface area contributed by atoms with Gasteiger partial charge in [0.1, 0.15) is 10.7 Å². The highest BCUT2D eigenvalue weighted by atomic mass is 32.2. The summed E-state index contributed by atoms with van der Waals surface area (Å²) in [5.74, 6) is -1.65. The van der Waals surface area contributed by atoms with Crippen molar-refractivity contribution >= 4 is 21.4 Å². The minimum atomic E-state index is -4.10. The lowest BCUT2D eigenvalue weighted by Gasteiger charge is -2.25. The van der Waals surface area contributed by atoms with Gasteiger partial charge in [0.05, 0.1) is 12.2 Å². The van der Waals surface area contributed by atoms with Gasteiger partial charge in [0.15, 0.2) is 17.3 Å². The van der Waals surface area contributed by atoms with E-state index in [0.29, 0.717) is 17.0 Å². The highest BCUT2D eigenvalue weighted by Crippen LogP contribution is 2.27. The molecule has 0 saturated heterocycles. The zero-order valence-corrected chi connectivity index (χ0v) is 16.1. The first kappa shape index (κ1) is 19.0. The predicted molar refractivity (Wildman–Crippen MR) is 104 cm³/mol. The fourth-order valence-corrected chi connectivity index (χ4v) is 4.41. The lowest BCUT2D eigenvalue weighted by Crippen LogP contribution is -2.31. The fourth-order valence-electron chi connectivity index (χ4n) is 2.97. The highest BCUT2D eigenvalue weighted by Gasteiger charge is 2.27. The maximum atomic E-state index is 13.9. The van der Waals surface area contributed by atoms with E-state index in [4.69, 9.17) is 0 Å². The van der Waals surface area contributed by atoms with Crippen LogP contribution in [0, 0.1) is 18.6 Å². The summed E-state index contributed by atoms with van der Waals surface area (Å²) in [6.07, 6.45) is 1.41. The van der Waals surface area contributed by atoms with E-state index in [1.165, 1.54) is 18.3 Å². The Hall–Kier alpha value is -3.33. The van der Waals surface area contributed by atoms with Crippen molar-refractivity contribution < 1.29 is 17.2 Å². The molecule has 0 amide bonds. The highest BCUT2D eigenvalue weighted by molar-refractivity contribution is 7.92. The number of sulfonamides is 1. The van der Waals surface area contributed by atoms with E-state index >= 15 is 0 Å². The number of hydrogen-bond acceptors (Lipinski definition) is 4. The predicted octanol–water partition coefficient (Wildman–Crippen LogP) is 3.71. The molecule has 0 fully saturated rings. The van der Waals surface area contributed by atoms with Crippen molar-refractivity contribution in [3.63, 3.8) is 0 Å². The molecule has 0 bridgehead atoms. The Morgan fingerprint density at radius 1 is 0.966 bits per heavy atom. The number of hydrogen-bond donors (Lipinski definition) is 0. The Balaban J connectivity index is 1.85. The smallest absolute Gasteiger partial charge is 0.266 e. The summed E-state index contributed by atoms with van der Waals surface area (Å²) >= 11 is 0. The Labute approximate surface area is 166 Å². The van der Waals surface area contributed by atoms with Gasteiger partial charge in [-0.3, -0.25) is 8.71 Å². The molecule has 0 N–H and O–H groups in total. The zero-order chi connectivity index (χ0) is 20.6. The van der Waals surface area contributed by atoms with Crippen LogP contribution < -0.4 is 4.31 Å². The molecule has 0 aliphatic heterocycles. The van der Waals surface area contributed by atoms with Crippen LogP contribution in [0.4, 0.5) is 14.5 Å². The van der Waals surface area contributed by atoms with Crippen molar-refractivity contribution in [3.05, 3.63) is 89.9 Å². The molecule has 0 aliphatic carbocycles. The number of benzene rings is 2. The second kappa shape index (κ2) is 7.25. The number of rotatable bonds is 5. The SMILES string of the molecule is Cc1nnc2ccc(S(=O)(=O)N(Cc3ccccc3)c3ccc(F)c(F)c3)cn12. The summed E-state index contributed by atoms with van der Waals surface area (Å²) in [4.78, 5) is -0.0198. The summed E-state index contributed by atoms with van der Waals surface area (Å²) in [5.41, 5.74) is 1.22. The van der Waals surface area contributed by atoms with E-state index in [0.717, 1.165) is 16.4 Å². The van der Waals surface area contributed by atoms with Crippen molar-refractivity contribution in [2.75, 3.05) is 4.31 Å². The van der Waals surface area contributed by atoms with E-state index in [9.17, 15) is 17.2 Å². The molecule has 9 heteroatoms. The Morgan fingerprint density at radius 3 is 2.45 bits per heavy atom. The molecule has 0 spiro atoms. The quantitative estimate of drug-likeness (QED) is 0.499. The van der Waals surface area contributed by atoms with Gasteiger partial charge in [-0.2, -0.15) is 0 Å². The van der Waals surface area contributed by atoms with Gasteiger partial charge >= 0.3 is 0 Å². The van der Waals surface area contributed by atoms with E-state index in [1.807, 2.05) is 6.07 Å². The van der Waals surface area contributed by atoms with Crippen molar-refractivity contribution in [3.8, 4) is 0 Å². The minimum absolute atomic E-state index is 0.0198. The minimum Gasteiger partial charge on any atom is -0.285 e. The molecule has 0 radical (unpaired) electrons. The zero-order valence-electron chi connectivity index (χ0n) is 15.3. The van der Waals surface area contributed by atoms with E-state index < -0.39 is 21.7 Å². The van der Waals surface area contributed by atoms with Crippen LogP contribution in [0.1, 0.15) is 11.4 Å². The molecule has 4 rings (SSSR count). The monoisotopic (exact) mass is 414 g/mol. The van der Waals surface area contributed by atoms with Crippen LogP contribution in [0.5, 0.6) is 0 Å². The Bertz CT molecular complexity index is 1290. The standard InChI is InChI=1S/C20H16F2N4O2S/c1-14-23-24-20-10-8-17(13-25(14)20)29(27,28)26(12-15-5-3-2-4-6-15)16-7-9-18(21)19(22)11-16/h2-11,13H,12H2,1H3. The fraction of sp³-hybridized carbons (Fsp3) is 0.100. The molecular formula is C20H16F2N4O2S. The van der Waals surface area contributed by atoms with E-state index in [2.05, 4.69) is 10.2 Å². The number of aryl methyl sites for hydroxylation is 1. The van der Waals surface area contributed by atoms with Gasteiger partial charge in [0, 0.05) is 12.3 Å². The van der Waals surface area contributed by atoms with E-state index in [-0.39, 0.29) is 17.1 Å². The van der Waals surface area contributed by atoms with Crippen LogP contribution in [0.3, 0.4) is 0 Å². The normalized spacial score (nSPS) is 11.7. The summed E-state index contributed by atoms with van der Waals surface area (Å²) in [6, 6.07) is 14.9. The molecule has 2 heterocycles. The van der Waals surface area contributed by atoms with Crippen LogP contribution >= 0.6 is 0 Å². The second-order valence-corrected chi connectivity index (χ2v) is 8.30. The van der Waals surface area contributed by atoms with Gasteiger partial charge in [-0.15, -0.1) is 10.2 Å². The van der Waals surface area contributed by atoms with Crippen molar-refractivity contribution in [2.45, 2.75) is 18.4 Å². The number of nitrogens with zero attached hydrogens (tertiary/aromatic N) is 4. The molecular weight excluding hydrogens is 398 g/mol. The molecule has 148 valence electrons. The number of halogens is 2. The van der Waals surface area contributed by atoms with Gasteiger partial charge in [-0.05, 0) is 36.8 Å². The van der Waals surface area contributed by atoms with Gasteiger partial charge < -0.3 is 0 Å². The molecule has 0 unspecified atom stereocenters. The lowest BCUT2D eigenvalue weighted by atomic mass is 10.2. The van der Waals surface area contributed by atoms with Crippen LogP contribution in [0.25, 0.3) is 5.65 Å². The summed E-state index contributed by atoms with van der Waals surface area (Å²) in [6.45, 7) is 1.65. The topological polar surface area (TPSA) is 67.6 Å². The maximum Gasteiger partial charge on any atom is 0.266 e. The van der Waals surface area contributed by atoms with Crippen molar-refractivity contribution in [1.29, 1.82) is 0 Å². The number of aromatic nitrogens is 3. The third-order valence-corrected chi connectivity index (χ3v) is 6.25. The first-order valence-electron chi connectivity index (χ1n) is 8.69. The molecule has 0 saturated carbocycles. The molecule has 0 atom stereocenters. The van der Waals surface area contributed by atoms with Crippen LogP contribution in [0.15, 0.2) is 71.8 Å². The molecule has 6 nitrogen and oxygen atoms in total. The molecule has 4 aromatic rings. The first-order chi connectivity index (χ1) is 13.9. The summed E-state index contributed by atoms with van der Waals surface area (Å²) in [7, 11) is -4.10. The number of fused-ring (bicyclic) bond motifs is 1. The van der Waals surface area contributed by atoms with Gasteiger partial charge in [-0.25, -0.2) is 17.2 Å². The van der Waals surface area contributed by atoms with Crippen molar-refractivity contribution in [2.24, 2.45) is 0 Å². The van der Waals surface area contributed by atoms with Crippen molar-refractivity contribution in [1.82, 2.24) is 14.6 Å². The number of anilines is 1. The molecule has 2 aromatic carbocycles. The van der Waals surface area contributed by atoms with Gasteiger partial charge in [0.25, 0.3) is 10.0 Å². The second-order valence-electron chi connectivity index (χ2n) is 6.44. The van der Waals surface area contributed by atoms with Gasteiger partial charge in [0.2, 0.25) is 0 Å². The van der Waals surface area contributed by atoms with E-state index in [1.54, 1.807) is 41.7 Å². The third kappa shape index (κ3) is 3.56. The average molecular weight is 414 g/mol. The summed E-state index contributed by atoms with van der Waals surface area (Å²) in [5, 5.41) is 7.87. The van der Waals surface area contributed by atoms with Crippen LogP contribution in [-0.4, -0.2) is 23.0 Å². The average Bonchev–Trinajstić information content (AvgIpc) is 3.09. The Morgan fingerprint density at radius 2 is 1.72 bits per heavy atom. The first-order valence-corrected chi connectivity index (χ1v) is 10.1. The lowest BCUT2D eigenvalue weighted by molar-refractivity contribution is 0.508. The molecule has 29 heavy (non-hydrogen) atoms. The Kier molecular flexibility index (Phi) is 4.75. The molecule has 2 aromatic heterocycles.